The van der Waals surface area contributed by atoms with Gasteiger partial charge in [0.05, 0.1) is 23.7 Å². The number of esters is 1. The lowest BCUT2D eigenvalue weighted by molar-refractivity contribution is -0.141. The average molecular weight is 529 g/mol. The summed E-state index contributed by atoms with van der Waals surface area (Å²) in [5.41, 5.74) is 0.647. The molecule has 0 bridgehead atoms. The number of alkyl halides is 3. The first-order chi connectivity index (χ1) is 17.7. The van der Waals surface area contributed by atoms with Crippen molar-refractivity contribution in [1.29, 1.82) is 0 Å². The van der Waals surface area contributed by atoms with Gasteiger partial charge in [0.2, 0.25) is 0 Å². The van der Waals surface area contributed by atoms with E-state index in [9.17, 15) is 22.8 Å². The standard InChI is InChI=1S/C24H19F3N6O3S/c1-2-36-21(34)19-20(24(25,26)27)31-23(37-19)29-17-11-7-6-10-16(17)28-22(35)30-18-13-12-15(32-33-18)14-8-4-3-5-9-14/h3-13H,2H2,1H3,(H,29,31)(H2,28,30,33,35). The Morgan fingerprint density at radius 1 is 0.919 bits per heavy atom. The second kappa shape index (κ2) is 11.0. The van der Waals surface area contributed by atoms with E-state index in [0.29, 0.717) is 17.0 Å². The maximum absolute atomic E-state index is 13.4. The van der Waals surface area contributed by atoms with Crippen molar-refractivity contribution >= 4 is 45.7 Å². The number of para-hydroxylation sites is 2. The van der Waals surface area contributed by atoms with Gasteiger partial charge in [0.15, 0.2) is 16.6 Å². The molecule has 4 rings (SSSR count). The minimum atomic E-state index is -4.85. The summed E-state index contributed by atoms with van der Waals surface area (Å²) in [6.07, 6.45) is -4.85. The Morgan fingerprint density at radius 3 is 2.27 bits per heavy atom. The number of benzene rings is 2. The lowest BCUT2D eigenvalue weighted by Gasteiger charge is -2.12. The third kappa shape index (κ3) is 6.38. The predicted molar refractivity (Wildman–Crippen MR) is 133 cm³/mol. The number of aromatic nitrogens is 3. The van der Waals surface area contributed by atoms with Crippen LogP contribution >= 0.6 is 11.3 Å². The second-order valence-corrected chi connectivity index (χ2v) is 8.33. The summed E-state index contributed by atoms with van der Waals surface area (Å²) in [6.45, 7) is 1.40. The molecule has 37 heavy (non-hydrogen) atoms. The van der Waals surface area contributed by atoms with Gasteiger partial charge in [-0.2, -0.15) is 13.2 Å². The number of ether oxygens (including phenoxy) is 1. The van der Waals surface area contributed by atoms with Crippen LogP contribution in [0, 0.1) is 0 Å². The van der Waals surface area contributed by atoms with E-state index in [1.807, 2.05) is 30.3 Å². The van der Waals surface area contributed by atoms with E-state index >= 15 is 0 Å². The Bertz CT molecular complexity index is 1400. The summed E-state index contributed by atoms with van der Waals surface area (Å²) in [4.78, 5) is 27.4. The van der Waals surface area contributed by atoms with Crippen molar-refractivity contribution < 1.29 is 27.5 Å². The van der Waals surface area contributed by atoms with Crippen molar-refractivity contribution in [2.45, 2.75) is 13.1 Å². The topological polar surface area (TPSA) is 118 Å². The fourth-order valence-electron chi connectivity index (χ4n) is 3.15. The van der Waals surface area contributed by atoms with Gasteiger partial charge in [-0.15, -0.1) is 10.2 Å². The number of nitrogens with zero attached hydrogens (tertiary/aromatic N) is 3. The number of rotatable bonds is 7. The summed E-state index contributed by atoms with van der Waals surface area (Å²) in [5, 5.41) is 15.8. The van der Waals surface area contributed by atoms with Crippen molar-refractivity contribution in [3.05, 3.63) is 77.3 Å². The van der Waals surface area contributed by atoms with Crippen LogP contribution in [-0.2, 0) is 10.9 Å². The molecule has 0 aliphatic carbocycles. The van der Waals surface area contributed by atoms with Crippen LogP contribution in [0.3, 0.4) is 0 Å². The molecule has 0 spiro atoms. The minimum absolute atomic E-state index is 0.0853. The van der Waals surface area contributed by atoms with Crippen LogP contribution in [0.2, 0.25) is 0 Å². The van der Waals surface area contributed by atoms with Crippen molar-refractivity contribution in [1.82, 2.24) is 15.2 Å². The van der Waals surface area contributed by atoms with E-state index in [2.05, 4.69) is 31.1 Å². The highest BCUT2D eigenvalue weighted by Gasteiger charge is 2.40. The largest absolute Gasteiger partial charge is 0.462 e. The highest BCUT2D eigenvalue weighted by Crippen LogP contribution is 2.38. The zero-order valence-corrected chi connectivity index (χ0v) is 20.0. The first kappa shape index (κ1) is 25.6. The smallest absolute Gasteiger partial charge is 0.435 e. The van der Waals surface area contributed by atoms with Gasteiger partial charge < -0.3 is 15.4 Å². The predicted octanol–water partition coefficient (Wildman–Crippen LogP) is 6.18. The number of hydrogen-bond donors (Lipinski definition) is 3. The van der Waals surface area contributed by atoms with Crippen molar-refractivity contribution in [3.63, 3.8) is 0 Å². The fourth-order valence-corrected chi connectivity index (χ4v) is 4.04. The second-order valence-electron chi connectivity index (χ2n) is 7.33. The molecule has 0 radical (unpaired) electrons. The molecule has 4 aromatic rings. The summed E-state index contributed by atoms with van der Waals surface area (Å²) in [5.74, 6) is -0.929. The van der Waals surface area contributed by atoms with Crippen molar-refractivity contribution in [3.8, 4) is 11.3 Å². The Morgan fingerprint density at radius 2 is 1.62 bits per heavy atom. The Labute approximate surface area is 212 Å². The van der Waals surface area contributed by atoms with Gasteiger partial charge in [-0.1, -0.05) is 53.8 Å². The first-order valence-electron chi connectivity index (χ1n) is 10.8. The molecule has 13 heteroatoms. The molecule has 0 aliphatic rings. The number of thiazole rings is 1. The molecule has 0 aliphatic heterocycles. The summed E-state index contributed by atoms with van der Waals surface area (Å²) < 4.78 is 45.0. The van der Waals surface area contributed by atoms with Crippen LogP contribution < -0.4 is 16.0 Å². The average Bonchev–Trinajstić information content (AvgIpc) is 3.31. The number of urea groups is 1. The molecule has 190 valence electrons. The Kier molecular flexibility index (Phi) is 7.63. The number of halogens is 3. The maximum atomic E-state index is 13.4. The van der Waals surface area contributed by atoms with Gasteiger partial charge in [0.25, 0.3) is 0 Å². The van der Waals surface area contributed by atoms with E-state index in [1.54, 1.807) is 24.3 Å². The SMILES string of the molecule is CCOC(=O)c1sc(Nc2ccccc2NC(=O)Nc2ccc(-c3ccccc3)nn2)nc1C(F)(F)F. The quantitative estimate of drug-likeness (QED) is 0.245. The highest BCUT2D eigenvalue weighted by atomic mass is 32.1. The molecular weight excluding hydrogens is 509 g/mol. The van der Waals surface area contributed by atoms with Gasteiger partial charge >= 0.3 is 18.2 Å². The first-order valence-corrected chi connectivity index (χ1v) is 11.6. The molecule has 2 heterocycles. The molecule has 0 atom stereocenters. The molecule has 0 fully saturated rings. The van der Waals surface area contributed by atoms with Crippen LogP contribution in [0.5, 0.6) is 0 Å². The number of hydrogen-bond acceptors (Lipinski definition) is 8. The van der Waals surface area contributed by atoms with Crippen LogP contribution in [-0.4, -0.2) is 33.8 Å². The highest BCUT2D eigenvalue weighted by molar-refractivity contribution is 7.17. The van der Waals surface area contributed by atoms with Crippen LogP contribution in [0.15, 0.2) is 66.7 Å². The van der Waals surface area contributed by atoms with Crippen LogP contribution in [0.25, 0.3) is 11.3 Å². The zero-order chi connectivity index (χ0) is 26.4. The lowest BCUT2D eigenvalue weighted by Crippen LogP contribution is -2.21. The number of carbonyl (C=O) groups is 2. The molecule has 2 aromatic carbocycles. The van der Waals surface area contributed by atoms with Gasteiger partial charge in [-0.05, 0) is 31.2 Å². The molecule has 2 aromatic heterocycles. The van der Waals surface area contributed by atoms with Crippen LogP contribution in [0.4, 0.5) is 40.3 Å². The third-order valence-corrected chi connectivity index (χ3v) is 5.70. The van der Waals surface area contributed by atoms with Crippen molar-refractivity contribution in [2.75, 3.05) is 22.6 Å². The van der Waals surface area contributed by atoms with Gasteiger partial charge in [-0.3, -0.25) is 5.32 Å². The summed E-state index contributed by atoms with van der Waals surface area (Å²) in [7, 11) is 0. The van der Waals surface area contributed by atoms with Crippen molar-refractivity contribution in [2.24, 2.45) is 0 Å². The number of nitrogens with one attached hydrogen (secondary N) is 3. The zero-order valence-electron chi connectivity index (χ0n) is 19.2. The van der Waals surface area contributed by atoms with E-state index in [1.165, 1.54) is 19.1 Å². The number of anilines is 4. The normalized spacial score (nSPS) is 11.0. The van der Waals surface area contributed by atoms with Gasteiger partial charge in [-0.25, -0.2) is 14.6 Å². The Balaban J connectivity index is 1.48. The Hall–Kier alpha value is -4.52. The lowest BCUT2D eigenvalue weighted by atomic mass is 10.1. The molecule has 9 nitrogen and oxygen atoms in total. The molecule has 2 amide bonds. The van der Waals surface area contributed by atoms with E-state index in [4.69, 9.17) is 4.74 Å². The fraction of sp³-hybridized carbons (Fsp3) is 0.125. The minimum Gasteiger partial charge on any atom is -0.462 e. The number of amides is 2. The number of carbonyl (C=O) groups excluding carboxylic acids is 2. The van der Waals surface area contributed by atoms with E-state index < -0.39 is 28.7 Å². The van der Waals surface area contributed by atoms with E-state index in [-0.39, 0.29) is 28.9 Å². The third-order valence-electron chi connectivity index (χ3n) is 4.75. The van der Waals surface area contributed by atoms with Gasteiger partial charge in [0, 0.05) is 5.56 Å². The maximum Gasteiger partial charge on any atom is 0.435 e. The monoisotopic (exact) mass is 528 g/mol. The molecule has 0 unspecified atom stereocenters. The van der Waals surface area contributed by atoms with Gasteiger partial charge in [0.1, 0.15) is 4.88 Å². The molecule has 0 saturated heterocycles. The summed E-state index contributed by atoms with van der Waals surface area (Å²) >= 11 is 0.496. The molecular formula is C24H19F3N6O3S. The van der Waals surface area contributed by atoms with E-state index in [0.717, 1.165) is 5.56 Å². The summed E-state index contributed by atoms with van der Waals surface area (Å²) in [6, 6.07) is 18.3. The molecule has 3 N–H and O–H groups in total. The molecule has 0 saturated carbocycles. The van der Waals surface area contributed by atoms with Crippen LogP contribution in [0.1, 0.15) is 22.3 Å².